The minimum atomic E-state index is -1.06. The number of hydrogen-bond acceptors (Lipinski definition) is 15. The van der Waals surface area contributed by atoms with Gasteiger partial charge in [-0.2, -0.15) is 5.48 Å². The summed E-state index contributed by atoms with van der Waals surface area (Å²) in [5.41, 5.74) is 13.6. The lowest BCUT2D eigenvalue weighted by Crippen LogP contribution is -2.57. The van der Waals surface area contributed by atoms with Gasteiger partial charge < -0.3 is 49.7 Å². The van der Waals surface area contributed by atoms with E-state index in [2.05, 4.69) is 101 Å². The third-order valence-corrected chi connectivity index (χ3v) is 15.3. The molecule has 2 fully saturated rings. The highest BCUT2D eigenvalue weighted by Gasteiger charge is 2.47. The predicted octanol–water partition coefficient (Wildman–Crippen LogP) is 11.4. The van der Waals surface area contributed by atoms with E-state index in [9.17, 15) is 28.8 Å². The number of carbonyl (C=O) groups is 6. The molecule has 2 heterocycles. The number of methoxy groups -OCH3 is 2. The zero-order valence-corrected chi connectivity index (χ0v) is 51.5. The molecule has 4 aromatic carbocycles. The number of likely N-dealkylation sites (tertiary alicyclic amines) is 1. The molecule has 1 unspecified atom stereocenters. The van der Waals surface area contributed by atoms with E-state index in [-0.39, 0.29) is 51.8 Å². The van der Waals surface area contributed by atoms with Crippen molar-refractivity contribution in [2.24, 2.45) is 16.0 Å². The maximum atomic E-state index is 13.9. The van der Waals surface area contributed by atoms with Crippen molar-refractivity contribution in [3.8, 4) is 22.3 Å². The van der Waals surface area contributed by atoms with E-state index in [1.165, 1.54) is 19.1 Å². The molecule has 19 nitrogen and oxygen atoms in total. The molecule has 8 rings (SSSR count). The Kier molecular flexibility index (Phi) is 24.8. The summed E-state index contributed by atoms with van der Waals surface area (Å²) in [5.74, 6) is -2.27. The van der Waals surface area contributed by atoms with Crippen molar-refractivity contribution in [2.75, 3.05) is 40.5 Å². The van der Waals surface area contributed by atoms with E-state index < -0.39 is 65.1 Å². The van der Waals surface area contributed by atoms with E-state index in [0.717, 1.165) is 93.5 Å². The Bertz CT molecular complexity index is 3150. The lowest BCUT2D eigenvalue weighted by Gasteiger charge is -2.34. The zero-order chi connectivity index (χ0) is 63.4. The van der Waals surface area contributed by atoms with Crippen LogP contribution in [-0.2, 0) is 47.8 Å². The van der Waals surface area contributed by atoms with Crippen LogP contribution in [0.3, 0.4) is 0 Å². The number of amides is 3. The maximum absolute atomic E-state index is 13.9. The van der Waals surface area contributed by atoms with Crippen LogP contribution in [-0.4, -0.2) is 129 Å². The number of unbranched alkanes of at least 4 members (excludes halogenated alkanes) is 4. The molecule has 0 saturated carbocycles. The first-order valence-electron chi connectivity index (χ1n) is 29.5. The summed E-state index contributed by atoms with van der Waals surface area (Å²) in [7, 11) is 2.69. The number of alkyl carbamates (subject to hydrolysis) is 2. The van der Waals surface area contributed by atoms with Gasteiger partial charge in [0.05, 0.1) is 39.6 Å². The highest BCUT2D eigenvalue weighted by atomic mass is 16.7. The van der Waals surface area contributed by atoms with Crippen molar-refractivity contribution in [3.63, 3.8) is 0 Å². The molecule has 5 N–H and O–H groups in total. The van der Waals surface area contributed by atoms with E-state index >= 15 is 0 Å². The Balaban J connectivity index is 0.000000266. The van der Waals surface area contributed by atoms with Crippen molar-refractivity contribution in [3.05, 3.63) is 157 Å². The van der Waals surface area contributed by atoms with Crippen molar-refractivity contribution < 1.29 is 63.9 Å². The molecule has 0 spiro atoms. The first-order valence-corrected chi connectivity index (χ1v) is 29.5. The third-order valence-electron chi connectivity index (χ3n) is 15.3. The van der Waals surface area contributed by atoms with Crippen LogP contribution in [0.2, 0.25) is 0 Å². The Morgan fingerprint density at radius 2 is 1.21 bits per heavy atom. The van der Waals surface area contributed by atoms with Crippen LogP contribution in [0.1, 0.15) is 134 Å². The van der Waals surface area contributed by atoms with Gasteiger partial charge in [0.25, 0.3) is 0 Å². The van der Waals surface area contributed by atoms with Gasteiger partial charge in [-0.25, -0.2) is 19.2 Å². The first-order chi connectivity index (χ1) is 41.6. The number of hydroxylamine groups is 1. The molecule has 0 bridgehead atoms. The number of carboxylic acids is 1. The Morgan fingerprint density at radius 1 is 0.667 bits per heavy atom. The van der Waals surface area contributed by atoms with Gasteiger partial charge >= 0.3 is 30.1 Å². The summed E-state index contributed by atoms with van der Waals surface area (Å²) in [5, 5.41) is 21.7. The molecule has 4 aromatic rings. The number of rotatable bonds is 23. The third kappa shape index (κ3) is 18.1. The van der Waals surface area contributed by atoms with Gasteiger partial charge in [-0.05, 0) is 106 Å². The van der Waals surface area contributed by atoms with E-state index in [1.807, 2.05) is 69.3 Å². The van der Waals surface area contributed by atoms with E-state index in [0.29, 0.717) is 19.4 Å². The number of carbonyl (C=O) groups excluding carboxylic acids is 5. The predicted molar refractivity (Wildman–Crippen MR) is 338 cm³/mol. The molecule has 468 valence electrons. The van der Waals surface area contributed by atoms with Crippen molar-refractivity contribution >= 4 is 53.9 Å². The van der Waals surface area contributed by atoms with Crippen LogP contribution in [0.25, 0.3) is 34.4 Å². The summed E-state index contributed by atoms with van der Waals surface area (Å²) >= 11 is 0. The molecule has 0 aromatic heterocycles. The van der Waals surface area contributed by atoms with Gasteiger partial charge in [0.2, 0.25) is 5.91 Å². The van der Waals surface area contributed by atoms with Crippen molar-refractivity contribution in [2.45, 2.75) is 135 Å². The highest BCUT2D eigenvalue weighted by Crippen LogP contribution is 2.44. The molecule has 19 heteroatoms. The SMILES string of the molecule is C=CCCCCOC(=O)N[C@H](C(=O)N1C[C@H](ONC2c3ccccc3-c3ccc(C=C)cc32)C[C@H]1C(=O)OC)C(C)(C)C.C=CCCCCOC(=O)N[C@H](C(=O)O)C(C)(C)C.C=Cc1ccc2c(c1)C(=NO[C@H]1CN[C@H](C(=O)OC)C1)c1ccccc1-2.[2HH]. The number of carboxylic acid groups (broad SMARTS) is 1. The molecule has 2 aliphatic carbocycles. The van der Waals surface area contributed by atoms with Crippen LogP contribution >= 0.6 is 0 Å². The summed E-state index contributed by atoms with van der Waals surface area (Å²) in [6.45, 7) is 27.1. The average molecular weight is 1200 g/mol. The fourth-order valence-electron chi connectivity index (χ4n) is 10.5. The quantitative estimate of drug-likeness (QED) is 0.0134. The van der Waals surface area contributed by atoms with E-state index in [4.69, 9.17) is 33.7 Å². The smallest absolute Gasteiger partial charge is 0.407 e. The second-order valence-electron chi connectivity index (χ2n) is 23.7. The molecule has 87 heavy (non-hydrogen) atoms. The van der Waals surface area contributed by atoms with Gasteiger partial charge in [-0.1, -0.05) is 157 Å². The van der Waals surface area contributed by atoms with Crippen LogP contribution in [0.4, 0.5) is 9.59 Å². The van der Waals surface area contributed by atoms with Gasteiger partial charge in [0, 0.05) is 38.5 Å². The van der Waals surface area contributed by atoms with Crippen molar-refractivity contribution in [1.29, 1.82) is 0 Å². The van der Waals surface area contributed by atoms with Gasteiger partial charge in [0.1, 0.15) is 36.0 Å². The second-order valence-corrected chi connectivity index (χ2v) is 23.7. The maximum Gasteiger partial charge on any atom is 0.407 e. The van der Waals surface area contributed by atoms with Crippen molar-refractivity contribution in [1.82, 2.24) is 26.3 Å². The normalized spacial score (nSPS) is 18.9. The Morgan fingerprint density at radius 3 is 1.78 bits per heavy atom. The average Bonchev–Trinajstić information content (AvgIpc) is 2.01. The Labute approximate surface area is 513 Å². The number of nitrogens with zero attached hydrogens (tertiary/aromatic N) is 2. The topological polar surface area (TPSA) is 242 Å². The number of aliphatic carboxylic acids is 1. The van der Waals surface area contributed by atoms with Crippen LogP contribution in [0.15, 0.2) is 129 Å². The second kappa shape index (κ2) is 31.8. The summed E-state index contributed by atoms with van der Waals surface area (Å²) in [6.07, 6.45) is 10.9. The molecule has 2 aliphatic heterocycles. The molecular weight excluding hydrogens is 1110 g/mol. The number of ether oxygens (including phenoxy) is 4. The number of oxime groups is 1. The highest BCUT2D eigenvalue weighted by molar-refractivity contribution is 6.24. The van der Waals surface area contributed by atoms with Crippen LogP contribution in [0.5, 0.6) is 0 Å². The molecule has 3 amide bonds. The van der Waals surface area contributed by atoms with Gasteiger partial charge in [-0.15, -0.1) is 13.2 Å². The minimum absolute atomic E-state index is 0. The summed E-state index contributed by atoms with van der Waals surface area (Å²) < 4.78 is 20.1. The molecule has 2 saturated heterocycles. The number of hydrogen-bond donors (Lipinski definition) is 5. The largest absolute Gasteiger partial charge is 0.480 e. The number of esters is 2. The fourth-order valence-corrected chi connectivity index (χ4v) is 10.5. The molecule has 4 aliphatic rings. The standard InChI is InChI=1S/C34H43N3O6.C21H20N2O3.C13H23NO4.H2/c1-7-9-10-13-18-42-33(40)35-30(34(3,4)5)31(38)37-21-23(20-28(37)32(39)41-6)43-36-29-26-15-12-11-14-24(26)25-17-16-22(8-2)19-27(25)29;1-3-13-8-9-16-15-6-4-5-7-17(15)20(18(16)10-13)23-26-14-11-19(22-12-14)21(24)25-2;1-5-6-7-8-9-18-12(17)14-10(11(15)16)13(2,3)4;/h7-8,11-12,14-17,19,23,28-30,36H,1-2,9-10,13,18,20-21H2,3-6H3,(H,35,40);3-10,14,19,22H,1,11-12H2,2H3;5,10H,1,6-9H2,2-4H3,(H,14,17)(H,15,16);1H/t23-,28+,29?,30-;14-,19+;10-;/m111./s1/i;;;1+1. The summed E-state index contributed by atoms with van der Waals surface area (Å²) in [4.78, 5) is 86.9. The zero-order valence-electron chi connectivity index (χ0n) is 51.5. The lowest BCUT2D eigenvalue weighted by molar-refractivity contribution is -0.152. The van der Waals surface area contributed by atoms with Gasteiger partial charge in [-0.3, -0.25) is 14.4 Å². The number of allylic oxidation sites excluding steroid dienone is 2. The molecular formula is C68H88N6O13. The fraction of sp³-hybridized carbons (Fsp3) is 0.426. The van der Waals surface area contributed by atoms with Crippen LogP contribution in [0, 0.1) is 10.8 Å². The number of nitrogens with one attached hydrogen (secondary N) is 4. The molecule has 0 radical (unpaired) electrons. The Hall–Kier alpha value is -8.39. The van der Waals surface area contributed by atoms with Gasteiger partial charge in [0.15, 0.2) is 0 Å². The molecule has 7 atom stereocenters. The summed E-state index contributed by atoms with van der Waals surface area (Å²) in [6, 6.07) is 25.4. The van der Waals surface area contributed by atoms with Crippen LogP contribution < -0.4 is 21.4 Å². The minimum Gasteiger partial charge on any atom is -0.480 e. The lowest BCUT2D eigenvalue weighted by atomic mass is 9.85. The number of benzene rings is 4. The monoisotopic (exact) mass is 1200 g/mol. The first kappa shape index (κ1) is 67.7. The van der Waals surface area contributed by atoms with E-state index in [1.54, 1.807) is 32.9 Å². The number of fused-ring (bicyclic) bond motifs is 6.